The number of nitrogens with one attached hydrogen (secondary N) is 1. The van der Waals surface area contributed by atoms with Crippen LogP contribution in [0.2, 0.25) is 0 Å². The number of benzene rings is 7. The highest BCUT2D eigenvalue weighted by molar-refractivity contribution is 9.10. The van der Waals surface area contributed by atoms with E-state index in [2.05, 4.69) is 36.6 Å². The van der Waals surface area contributed by atoms with Crippen molar-refractivity contribution in [3.63, 3.8) is 0 Å². The molecule has 478 valence electrons. The van der Waals surface area contributed by atoms with Gasteiger partial charge in [0.1, 0.15) is 17.6 Å². The van der Waals surface area contributed by atoms with Gasteiger partial charge < -0.3 is 19.7 Å². The minimum Gasteiger partial charge on any atom is -0.508 e. The molecular formula is C62H65Br2F5N4O12S4. The lowest BCUT2D eigenvalue weighted by atomic mass is 9.91. The standard InChI is InChI=1S/C18H17F2NO3S.C14H12BrNO2S.C14H13NO3S.C7H6BrNO2S.C4H6F2O.C4H8O.CH3F/c19-18(20)9-16(10-18)24-15-6-7-17-14(8-15)12-21(25(17,22)23)11-13-4-2-1-3-5-13;15-13-6-7-14-12(8-13)10-16(19(14,17)18)9-11-4-2-1-3-5-11;16-13-6-7-14-12(8-13)10-15(19(14,17)18)9-11-4-2-1-3-5-11;8-6-1-2-7-5(3-6)4-9-12(7,10)11;5-4(6)1-3(7)2-4;1-2-4-5-3-1;1-2/h1-8,16H,9-12H2;1-8H,9-10H2;1-8,16H,9-10H2;1-3,9H,4H2;3,7H,1-2H2;1-4H2;1H3/i;;;;;;1D. The third-order valence-corrected chi connectivity index (χ3v) is 22.8. The Morgan fingerprint density at radius 2 is 0.933 bits per heavy atom. The highest BCUT2D eigenvalue weighted by Gasteiger charge is 2.47. The summed E-state index contributed by atoms with van der Waals surface area (Å²) < 4.78 is 181. The molecule has 0 unspecified atom stereocenters. The Bertz CT molecular complexity index is 3910. The van der Waals surface area contributed by atoms with E-state index in [9.17, 15) is 60.7 Å². The Kier molecular flexibility index (Phi) is 22.6. The van der Waals surface area contributed by atoms with Gasteiger partial charge in [0.05, 0.1) is 34.2 Å². The molecule has 16 nitrogen and oxygen atoms in total. The molecule has 0 bridgehead atoms. The molecule has 7 aromatic rings. The zero-order valence-electron chi connectivity index (χ0n) is 48.7. The van der Waals surface area contributed by atoms with Gasteiger partial charge in [-0.2, -0.15) is 12.9 Å². The average molecular weight is 1440 g/mol. The largest absolute Gasteiger partial charge is 0.508 e. The maximum Gasteiger partial charge on any atom is 0.255 e. The number of aliphatic hydroxyl groups excluding tert-OH is 1. The molecule has 0 amide bonds. The van der Waals surface area contributed by atoms with Crippen LogP contribution in [0.25, 0.3) is 0 Å². The summed E-state index contributed by atoms with van der Waals surface area (Å²) in [6, 6.07) is 48.0. The quantitative estimate of drug-likeness (QED) is 0.121. The van der Waals surface area contributed by atoms with Gasteiger partial charge >= 0.3 is 0 Å². The molecule has 5 aliphatic heterocycles. The first-order valence-corrected chi connectivity index (χ1v) is 35.1. The van der Waals surface area contributed by atoms with Crippen molar-refractivity contribution in [2.45, 2.75) is 128 Å². The fourth-order valence-corrected chi connectivity index (χ4v) is 17.0. The fourth-order valence-electron chi connectivity index (χ4n) is 10.1. The van der Waals surface area contributed by atoms with Crippen LogP contribution < -0.4 is 9.46 Å². The highest BCUT2D eigenvalue weighted by atomic mass is 79.9. The van der Waals surface area contributed by atoms with Crippen molar-refractivity contribution in [2.75, 3.05) is 20.4 Å². The summed E-state index contributed by atoms with van der Waals surface area (Å²) in [5.74, 6) is -4.66. The molecule has 89 heavy (non-hydrogen) atoms. The Balaban J connectivity index is 0.000000146. The summed E-state index contributed by atoms with van der Waals surface area (Å²) in [4.78, 5) is 1.37. The molecule has 5 heterocycles. The van der Waals surface area contributed by atoms with Crippen LogP contribution in [0.3, 0.4) is 0 Å². The number of phenols is 1. The first-order valence-electron chi connectivity index (χ1n) is 28.5. The van der Waals surface area contributed by atoms with Crippen LogP contribution in [0.15, 0.2) is 192 Å². The van der Waals surface area contributed by atoms with Crippen LogP contribution in [0.4, 0.5) is 22.0 Å². The summed E-state index contributed by atoms with van der Waals surface area (Å²) in [5, 5.41) is 17.7. The second-order valence-electron chi connectivity index (χ2n) is 21.4. The van der Waals surface area contributed by atoms with Gasteiger partial charge in [0.15, 0.2) is 0 Å². The number of hydrogen-bond donors (Lipinski definition) is 3. The Morgan fingerprint density at radius 3 is 1.33 bits per heavy atom. The van der Waals surface area contributed by atoms with Crippen molar-refractivity contribution < 1.29 is 76.7 Å². The van der Waals surface area contributed by atoms with Gasteiger partial charge in [-0.25, -0.2) is 56.0 Å². The van der Waals surface area contributed by atoms with Gasteiger partial charge in [0.25, 0.3) is 11.8 Å². The predicted molar refractivity (Wildman–Crippen MR) is 331 cm³/mol. The van der Waals surface area contributed by atoms with Crippen molar-refractivity contribution in [3.05, 3.63) is 212 Å². The molecule has 1 saturated heterocycles. The predicted octanol–water partition coefficient (Wildman–Crippen LogP) is 12.2. The zero-order chi connectivity index (χ0) is 65.1. The van der Waals surface area contributed by atoms with E-state index in [0.29, 0.717) is 70.8 Å². The van der Waals surface area contributed by atoms with Gasteiger partial charge in [-0.1, -0.05) is 123 Å². The van der Waals surface area contributed by atoms with Gasteiger partial charge in [-0.05, 0) is 125 Å². The molecule has 27 heteroatoms. The Morgan fingerprint density at radius 1 is 0.551 bits per heavy atom. The lowest BCUT2D eigenvalue weighted by molar-refractivity contribution is -0.143. The molecule has 0 aromatic heterocycles. The smallest absolute Gasteiger partial charge is 0.255 e. The van der Waals surface area contributed by atoms with Crippen molar-refractivity contribution >= 4 is 72.0 Å². The van der Waals surface area contributed by atoms with E-state index < -0.39 is 71.3 Å². The second kappa shape index (κ2) is 29.7. The van der Waals surface area contributed by atoms with Crippen LogP contribution in [0.5, 0.6) is 11.5 Å². The molecule has 7 aromatic carbocycles. The number of ether oxygens (including phenoxy) is 2. The number of nitrogens with zero attached hydrogens (tertiary/aromatic N) is 3. The van der Waals surface area contributed by atoms with Gasteiger partial charge in [-0.3, -0.25) is 4.39 Å². The van der Waals surface area contributed by atoms with Crippen LogP contribution in [0.1, 0.15) is 78.8 Å². The number of alkyl halides is 5. The van der Waals surface area contributed by atoms with Crippen molar-refractivity contribution in [1.82, 2.24) is 17.6 Å². The lowest BCUT2D eigenvalue weighted by Crippen LogP contribution is -2.43. The van der Waals surface area contributed by atoms with Gasteiger partial charge in [0.2, 0.25) is 40.1 Å². The van der Waals surface area contributed by atoms with Crippen LogP contribution in [0, 0.1) is 0 Å². The maximum atomic E-state index is 12.9. The number of hydrogen-bond acceptors (Lipinski definition) is 12. The number of aliphatic hydroxyl groups is 1. The van der Waals surface area contributed by atoms with Crippen LogP contribution in [-0.2, 0) is 90.6 Å². The third-order valence-electron chi connectivity index (χ3n) is 14.6. The van der Waals surface area contributed by atoms with Gasteiger partial charge in [-0.15, -0.1) is 0 Å². The summed E-state index contributed by atoms with van der Waals surface area (Å²) in [5.41, 5.74) is 5.82. The number of rotatable bonds is 8. The number of halogens is 7. The Hall–Kier alpha value is -5.69. The number of sulfonamides is 4. The monoisotopic (exact) mass is 1440 g/mol. The van der Waals surface area contributed by atoms with Crippen molar-refractivity contribution in [2.24, 2.45) is 0 Å². The second-order valence-corrected chi connectivity index (χ2v) is 30.7. The van der Waals surface area contributed by atoms with Crippen LogP contribution in [-0.4, -0.2) is 101 Å². The zero-order valence-corrected chi connectivity index (χ0v) is 54.1. The number of phenolic OH excluding ortho intramolecular Hbond substituents is 1. The Labute approximate surface area is 534 Å². The van der Waals surface area contributed by atoms with E-state index >= 15 is 0 Å². The average Bonchev–Trinajstić information content (AvgIpc) is 1.64. The molecule has 0 atom stereocenters. The van der Waals surface area contributed by atoms with E-state index in [4.69, 9.17) is 16.0 Å². The van der Waals surface area contributed by atoms with E-state index in [-0.39, 0.29) is 42.9 Å². The van der Waals surface area contributed by atoms with E-state index in [1.54, 1.807) is 36.4 Å². The van der Waals surface area contributed by atoms with Crippen LogP contribution >= 0.6 is 31.9 Å². The molecule has 2 aliphatic carbocycles. The molecule has 14 rings (SSSR count). The number of aromatic hydroxyl groups is 1. The van der Waals surface area contributed by atoms with Gasteiger partial charge in [0, 0.05) is 93.7 Å². The molecule has 3 fully saturated rings. The number of fused-ring (bicyclic) bond motifs is 4. The minimum atomic E-state index is -3.54. The lowest BCUT2D eigenvalue weighted by Gasteiger charge is -2.34. The topological polar surface area (TPSA) is 217 Å². The first-order chi connectivity index (χ1) is 42.6. The SMILES string of the molecule is C1CCOC1.O=S1(=O)NCc2cc(Br)ccc21.O=S1(=O)c2ccc(Br)cc2CN1Cc1ccccc1.O=S1(=O)c2ccc(O)cc2CN1Cc1ccccc1.O=S1(=O)c2ccc(OC3CC(F)(F)C3)cc2CN1Cc1ccccc1.OC1CC(F)(F)C1.[2H]CF. The minimum absolute atomic E-state index is 0.0931. The van der Waals surface area contributed by atoms with Crippen molar-refractivity contribution in [3.8, 4) is 11.5 Å². The summed E-state index contributed by atoms with van der Waals surface area (Å²) in [6.07, 6.45) is 0.0480. The molecule has 0 radical (unpaired) electrons. The van der Waals surface area contributed by atoms with E-state index in [1.165, 1.54) is 50.0 Å². The maximum absolute atomic E-state index is 12.9. The van der Waals surface area contributed by atoms with E-state index in [0.717, 1.165) is 50.0 Å². The summed E-state index contributed by atoms with van der Waals surface area (Å²) >= 11 is 6.66. The molecule has 0 spiro atoms. The molecule has 3 N–H and O–H groups in total. The van der Waals surface area contributed by atoms with Crippen molar-refractivity contribution in [1.29, 1.82) is 0 Å². The summed E-state index contributed by atoms with van der Waals surface area (Å²) in [6.45, 7) is 4.45. The normalized spacial score (nSPS) is 19.9. The van der Waals surface area contributed by atoms with E-state index in [1.807, 2.05) is 103 Å². The highest BCUT2D eigenvalue weighted by Crippen LogP contribution is 2.42. The molecule has 2 saturated carbocycles. The fraction of sp³-hybridized carbons (Fsp3) is 0.323. The first kappa shape index (κ1) is 67.7. The summed E-state index contributed by atoms with van der Waals surface area (Å²) in [7, 11) is -14.5. The molecule has 7 aliphatic rings. The third kappa shape index (κ3) is 18.1. The molecular weight excluding hydrogens is 1380 g/mol.